The molecule has 0 aliphatic rings. The molecule has 0 bridgehead atoms. The Kier molecular flexibility index (Phi) is 23.9. The van der Waals surface area contributed by atoms with E-state index in [1.807, 2.05) is 0 Å². The minimum atomic E-state index is -0.992. The SMILES string of the molecule is C=C(C)C(=O)O.C=C(C)C(=O)O.C=C(C)C(=O)O.C=CC(=O)OCCn1c(=O)n(CCOC(=O)C=C)c(=O)n(CCOC(=O)C=C)c1=O. The number of rotatable bonds is 15. The number of hydrogen-bond donors (Lipinski definition) is 3. The molecule has 3 N–H and O–H groups in total. The Balaban J connectivity index is -0.000000911. The highest BCUT2D eigenvalue weighted by Crippen LogP contribution is 1.87. The van der Waals surface area contributed by atoms with E-state index in [9.17, 15) is 43.2 Å². The van der Waals surface area contributed by atoms with Gasteiger partial charge in [0.1, 0.15) is 19.8 Å². The van der Waals surface area contributed by atoms with Crippen LogP contribution in [0.3, 0.4) is 0 Å². The van der Waals surface area contributed by atoms with Crippen LogP contribution in [-0.4, -0.2) is 84.7 Å². The Morgan fingerprint density at radius 1 is 0.521 bits per heavy atom. The predicted octanol–water partition coefficient (Wildman–Crippen LogP) is 0.301. The molecule has 1 aromatic rings. The van der Waals surface area contributed by atoms with Gasteiger partial charge < -0.3 is 29.5 Å². The second-order valence-corrected chi connectivity index (χ2v) is 8.67. The number of carbonyl (C=O) groups excluding carboxylic acids is 3. The summed E-state index contributed by atoms with van der Waals surface area (Å²) in [6.07, 6.45) is 2.72. The van der Waals surface area contributed by atoms with Crippen LogP contribution in [-0.2, 0) is 62.6 Å². The second kappa shape index (κ2) is 24.9. The predicted molar refractivity (Wildman–Crippen MR) is 170 cm³/mol. The van der Waals surface area contributed by atoms with Gasteiger partial charge in [-0.2, -0.15) is 0 Å². The van der Waals surface area contributed by atoms with E-state index in [2.05, 4.69) is 39.5 Å². The second-order valence-electron chi connectivity index (χ2n) is 8.67. The van der Waals surface area contributed by atoms with Gasteiger partial charge in [0.2, 0.25) is 0 Å². The molecule has 0 aliphatic carbocycles. The monoisotopic (exact) mass is 681 g/mol. The molecule has 0 unspecified atom stereocenters. The topological polar surface area (TPSA) is 257 Å². The summed E-state index contributed by atoms with van der Waals surface area (Å²) in [7, 11) is 0. The summed E-state index contributed by atoms with van der Waals surface area (Å²) in [5.74, 6) is -5.09. The summed E-state index contributed by atoms with van der Waals surface area (Å²) in [4.78, 5) is 100.0. The molecule has 0 radical (unpaired) electrons. The van der Waals surface area contributed by atoms with Gasteiger partial charge in [-0.3, -0.25) is 0 Å². The zero-order valence-electron chi connectivity index (χ0n) is 26.8. The van der Waals surface area contributed by atoms with E-state index in [-0.39, 0.29) is 56.2 Å². The third kappa shape index (κ3) is 20.6. The first-order valence-electron chi connectivity index (χ1n) is 13.2. The van der Waals surface area contributed by atoms with Crippen LogP contribution in [0.25, 0.3) is 0 Å². The number of nitrogens with zero attached hydrogens (tertiary/aromatic N) is 3. The van der Waals surface area contributed by atoms with Crippen LogP contribution >= 0.6 is 0 Å². The van der Waals surface area contributed by atoms with Crippen molar-refractivity contribution in [1.82, 2.24) is 13.7 Å². The van der Waals surface area contributed by atoms with Crippen LogP contribution in [0.1, 0.15) is 20.8 Å². The van der Waals surface area contributed by atoms with E-state index in [1.165, 1.54) is 20.8 Å². The van der Waals surface area contributed by atoms with Crippen molar-refractivity contribution in [2.75, 3.05) is 19.8 Å². The fourth-order valence-corrected chi connectivity index (χ4v) is 2.15. The van der Waals surface area contributed by atoms with E-state index in [4.69, 9.17) is 29.5 Å². The van der Waals surface area contributed by atoms with Crippen molar-refractivity contribution in [3.63, 3.8) is 0 Å². The Morgan fingerprint density at radius 3 is 0.812 bits per heavy atom. The number of carbonyl (C=O) groups is 6. The van der Waals surface area contributed by atoms with Gasteiger partial charge in [0.05, 0.1) is 19.6 Å². The van der Waals surface area contributed by atoms with Gasteiger partial charge in [0.15, 0.2) is 0 Å². The molecule has 0 amide bonds. The molecule has 0 saturated carbocycles. The van der Waals surface area contributed by atoms with E-state index in [0.717, 1.165) is 18.2 Å². The molecule has 18 nitrogen and oxygen atoms in total. The molecule has 0 aliphatic heterocycles. The van der Waals surface area contributed by atoms with Crippen LogP contribution < -0.4 is 17.1 Å². The molecule has 18 heteroatoms. The minimum Gasteiger partial charge on any atom is -0.478 e. The lowest BCUT2D eigenvalue weighted by molar-refractivity contribution is -0.138. The first kappa shape index (κ1) is 46.1. The fraction of sp³-hybridized carbons (Fsp3) is 0.300. The van der Waals surface area contributed by atoms with Gasteiger partial charge in [-0.05, 0) is 20.8 Å². The van der Waals surface area contributed by atoms with Crippen LogP contribution in [0.4, 0.5) is 0 Å². The highest BCUT2D eigenvalue weighted by molar-refractivity contribution is 5.85. The van der Waals surface area contributed by atoms with E-state index in [0.29, 0.717) is 13.7 Å². The summed E-state index contributed by atoms with van der Waals surface area (Å²) in [6.45, 7) is 21.4. The first-order chi connectivity index (χ1) is 22.2. The molecule has 1 rings (SSSR count). The third-order valence-corrected chi connectivity index (χ3v) is 4.66. The molecule has 0 fully saturated rings. The normalized spacial score (nSPS) is 9.06. The molecule has 264 valence electrons. The van der Waals surface area contributed by atoms with Gasteiger partial charge in [0, 0.05) is 34.9 Å². The number of esters is 3. The average Bonchev–Trinajstić information content (AvgIpc) is 3.02. The number of aromatic nitrogens is 3. The van der Waals surface area contributed by atoms with Crippen molar-refractivity contribution >= 4 is 35.8 Å². The van der Waals surface area contributed by atoms with E-state index >= 15 is 0 Å². The molecule has 0 spiro atoms. The van der Waals surface area contributed by atoms with Gasteiger partial charge in [-0.25, -0.2) is 56.9 Å². The zero-order chi connectivity index (χ0) is 38.1. The number of carboxylic acid groups (broad SMARTS) is 3. The van der Waals surface area contributed by atoms with E-state index < -0.39 is 52.9 Å². The maximum Gasteiger partial charge on any atom is 0.336 e. The highest BCUT2D eigenvalue weighted by Gasteiger charge is 2.16. The van der Waals surface area contributed by atoms with Gasteiger partial charge in [-0.1, -0.05) is 39.5 Å². The number of aliphatic carboxylic acids is 3. The smallest absolute Gasteiger partial charge is 0.336 e. The standard InChI is InChI=1S/C18H21N3O9.3C4H6O2/c1-4-13(22)28-10-7-19-16(25)20(8-11-29-14(23)5-2)18(27)21(17(19)26)9-12-30-15(24)6-3;3*1-3(2)4(5)6/h4-6H,1-3,7-12H2;3*1H2,2H3,(H,5,6). The van der Waals surface area contributed by atoms with Crippen LogP contribution in [0.5, 0.6) is 0 Å². The molecular weight excluding hydrogens is 642 g/mol. The Hall–Kier alpha value is -6.33. The Bertz CT molecular complexity index is 1340. The van der Waals surface area contributed by atoms with Crippen LogP contribution in [0, 0.1) is 0 Å². The lowest BCUT2D eigenvalue weighted by Gasteiger charge is -2.14. The lowest BCUT2D eigenvalue weighted by atomic mass is 10.4. The van der Waals surface area contributed by atoms with Gasteiger partial charge >= 0.3 is 52.9 Å². The average molecular weight is 682 g/mol. The number of hydrogen-bond acceptors (Lipinski definition) is 12. The van der Waals surface area contributed by atoms with Crippen LogP contribution in [0.15, 0.2) is 88.8 Å². The Morgan fingerprint density at radius 2 is 0.688 bits per heavy atom. The van der Waals surface area contributed by atoms with Crippen LogP contribution in [0.2, 0.25) is 0 Å². The summed E-state index contributed by atoms with van der Waals surface area (Å²) in [6, 6.07) is 0. The van der Waals surface area contributed by atoms with Crippen molar-refractivity contribution in [1.29, 1.82) is 0 Å². The number of ether oxygens (including phenoxy) is 3. The highest BCUT2D eigenvalue weighted by atomic mass is 16.5. The molecule has 0 saturated heterocycles. The van der Waals surface area contributed by atoms with Gasteiger partial charge in [0.25, 0.3) is 0 Å². The summed E-state index contributed by atoms with van der Waals surface area (Å²) in [5, 5.41) is 23.7. The molecule has 1 heterocycles. The Labute approximate surface area is 274 Å². The lowest BCUT2D eigenvalue weighted by Crippen LogP contribution is -2.55. The molecule has 48 heavy (non-hydrogen) atoms. The molecular formula is C30H39N3O15. The maximum atomic E-state index is 12.6. The summed E-state index contributed by atoms with van der Waals surface area (Å²) < 4.78 is 16.3. The van der Waals surface area contributed by atoms with Crippen molar-refractivity contribution in [3.05, 3.63) is 106 Å². The first-order valence-corrected chi connectivity index (χ1v) is 13.2. The van der Waals surface area contributed by atoms with Crippen molar-refractivity contribution < 1.29 is 58.3 Å². The maximum absolute atomic E-state index is 12.6. The van der Waals surface area contributed by atoms with Gasteiger partial charge in [-0.15, -0.1) is 0 Å². The van der Waals surface area contributed by atoms with Crippen molar-refractivity contribution in [2.24, 2.45) is 0 Å². The molecule has 0 atom stereocenters. The minimum absolute atomic E-state index is 0.176. The largest absolute Gasteiger partial charge is 0.478 e. The number of carboxylic acids is 3. The molecule has 0 aromatic carbocycles. The van der Waals surface area contributed by atoms with Crippen molar-refractivity contribution in [2.45, 2.75) is 40.4 Å². The summed E-state index contributed by atoms with van der Waals surface area (Å²) in [5.41, 5.74) is -2.45. The van der Waals surface area contributed by atoms with Crippen molar-refractivity contribution in [3.8, 4) is 0 Å². The third-order valence-electron chi connectivity index (χ3n) is 4.66. The quantitative estimate of drug-likeness (QED) is 0.128. The fourth-order valence-electron chi connectivity index (χ4n) is 2.15. The molecule has 1 aromatic heterocycles. The van der Waals surface area contributed by atoms with E-state index in [1.54, 1.807) is 0 Å². The zero-order valence-corrected chi connectivity index (χ0v) is 26.8. The summed E-state index contributed by atoms with van der Waals surface area (Å²) >= 11 is 0.